The van der Waals surface area contributed by atoms with E-state index in [0.717, 1.165) is 12.6 Å². The first-order valence-corrected chi connectivity index (χ1v) is 13.5. The van der Waals surface area contributed by atoms with Crippen molar-refractivity contribution in [2.45, 2.75) is 34.5 Å². The molecule has 0 saturated carbocycles. The van der Waals surface area contributed by atoms with Crippen LogP contribution in [-0.2, 0) is 15.6 Å². The number of sulfonamides is 1. The van der Waals surface area contributed by atoms with E-state index in [1.807, 2.05) is 35.2 Å². The van der Waals surface area contributed by atoms with Crippen molar-refractivity contribution in [1.82, 2.24) is 4.31 Å². The molecular weight excluding hydrogens is 523 g/mol. The molecular formula is C26H28F3N3O3S2. The summed E-state index contributed by atoms with van der Waals surface area (Å²) in [6.45, 7) is 1.78. The van der Waals surface area contributed by atoms with Gasteiger partial charge in [-0.05, 0) is 48.9 Å². The predicted molar refractivity (Wildman–Crippen MR) is 141 cm³/mol. The molecule has 6 nitrogen and oxygen atoms in total. The second-order valence-corrected chi connectivity index (χ2v) is 11.4. The smallest absolute Gasteiger partial charge is 0.383 e. The van der Waals surface area contributed by atoms with E-state index in [1.165, 1.54) is 34.6 Å². The Morgan fingerprint density at radius 3 is 2.22 bits per heavy atom. The minimum atomic E-state index is -4.82. The summed E-state index contributed by atoms with van der Waals surface area (Å²) < 4.78 is 68.1. The number of para-hydroxylation sites is 1. The number of nitrogens with zero attached hydrogens (tertiary/aromatic N) is 2. The van der Waals surface area contributed by atoms with E-state index in [9.17, 15) is 26.7 Å². The summed E-state index contributed by atoms with van der Waals surface area (Å²) in [6, 6.07) is 21.2. The van der Waals surface area contributed by atoms with Crippen molar-refractivity contribution in [2.24, 2.45) is 0 Å². The molecule has 1 fully saturated rings. The third-order valence-electron chi connectivity index (χ3n) is 6.56. The third-order valence-corrected chi connectivity index (χ3v) is 9.02. The molecule has 1 aliphatic rings. The van der Waals surface area contributed by atoms with Gasteiger partial charge in [-0.2, -0.15) is 17.5 Å². The second kappa shape index (κ2) is 10.6. The van der Waals surface area contributed by atoms with Gasteiger partial charge in [0.25, 0.3) is 0 Å². The first-order valence-electron chi connectivity index (χ1n) is 11.6. The number of thiol groups is 1. The summed E-state index contributed by atoms with van der Waals surface area (Å²) in [4.78, 5) is 2.46. The summed E-state index contributed by atoms with van der Waals surface area (Å²) >= 11 is 4.32. The minimum absolute atomic E-state index is 0.125. The topological polar surface area (TPSA) is 72.9 Å². The largest absolute Gasteiger partial charge is 0.421 e. The van der Waals surface area contributed by atoms with Gasteiger partial charge in [0, 0.05) is 42.4 Å². The fourth-order valence-corrected chi connectivity index (χ4v) is 6.36. The van der Waals surface area contributed by atoms with Crippen LogP contribution < -0.4 is 10.2 Å². The zero-order valence-corrected chi connectivity index (χ0v) is 21.8. The number of piperazine rings is 1. The van der Waals surface area contributed by atoms with E-state index >= 15 is 0 Å². The summed E-state index contributed by atoms with van der Waals surface area (Å²) in [6.07, 6.45) is -4.82. The van der Waals surface area contributed by atoms with Crippen LogP contribution >= 0.6 is 12.6 Å². The van der Waals surface area contributed by atoms with Crippen LogP contribution in [0.5, 0.6) is 0 Å². The van der Waals surface area contributed by atoms with Gasteiger partial charge in [0.15, 0.2) is 5.60 Å². The van der Waals surface area contributed by atoms with Crippen LogP contribution in [0.15, 0.2) is 88.7 Å². The van der Waals surface area contributed by atoms with Crippen molar-refractivity contribution in [3.05, 3.63) is 84.4 Å². The van der Waals surface area contributed by atoms with Crippen molar-refractivity contribution in [3.63, 3.8) is 0 Å². The second-order valence-electron chi connectivity index (χ2n) is 9.04. The average molecular weight is 552 g/mol. The third kappa shape index (κ3) is 5.74. The number of hydrogen-bond acceptors (Lipinski definition) is 6. The molecule has 0 spiro atoms. The van der Waals surface area contributed by atoms with E-state index in [2.05, 4.69) is 17.9 Å². The predicted octanol–water partition coefficient (Wildman–Crippen LogP) is 4.74. The molecule has 4 rings (SSSR count). The lowest BCUT2D eigenvalue weighted by Crippen LogP contribution is -2.57. The number of alkyl halides is 3. The highest BCUT2D eigenvalue weighted by molar-refractivity contribution is 7.90. The molecule has 0 aromatic heterocycles. The molecule has 1 aliphatic heterocycles. The van der Waals surface area contributed by atoms with Gasteiger partial charge < -0.3 is 15.3 Å². The van der Waals surface area contributed by atoms with Crippen LogP contribution in [0.2, 0.25) is 0 Å². The minimum Gasteiger partial charge on any atom is -0.383 e. The molecule has 1 saturated heterocycles. The van der Waals surface area contributed by atoms with Crippen LogP contribution in [0.1, 0.15) is 12.5 Å². The summed E-state index contributed by atoms with van der Waals surface area (Å²) in [7, 11) is -3.81. The molecule has 0 radical (unpaired) electrons. The van der Waals surface area contributed by atoms with Crippen molar-refractivity contribution >= 4 is 34.0 Å². The van der Waals surface area contributed by atoms with E-state index in [4.69, 9.17) is 0 Å². The van der Waals surface area contributed by atoms with Gasteiger partial charge in [-0.1, -0.05) is 42.5 Å². The number of aliphatic hydroxyl groups is 1. The molecule has 198 valence electrons. The highest BCUT2D eigenvalue weighted by atomic mass is 32.2. The molecule has 0 aliphatic carbocycles. The molecule has 2 N–H and O–H groups in total. The zero-order chi connectivity index (χ0) is 26.8. The van der Waals surface area contributed by atoms with Crippen molar-refractivity contribution in [3.8, 4) is 0 Å². The molecule has 11 heteroatoms. The Kier molecular flexibility index (Phi) is 7.80. The van der Waals surface area contributed by atoms with E-state index in [1.54, 1.807) is 18.2 Å². The van der Waals surface area contributed by atoms with Gasteiger partial charge in [-0.25, -0.2) is 8.42 Å². The number of hydrogen-bond donors (Lipinski definition) is 3. The molecule has 2 atom stereocenters. The van der Waals surface area contributed by atoms with Crippen molar-refractivity contribution < 1.29 is 26.7 Å². The molecule has 1 heterocycles. The zero-order valence-electron chi connectivity index (χ0n) is 20.1. The maximum Gasteiger partial charge on any atom is 0.421 e. The summed E-state index contributed by atoms with van der Waals surface area (Å²) in [5, 5.41) is 13.3. The standard InChI is InChI=1S/C26H28F3N3O3S2/c1-25(33,26(27,28)29)19-11-13-21(14-12-19)32-16-15-31(37(34,35)24-10-6-5-9-23(24)36)18-22(32)17-30-20-7-3-2-4-8-20/h2-14,22,30,33,36H,15-18H2,1H3/t22-,25+/m0/s1. The highest BCUT2D eigenvalue weighted by Crippen LogP contribution is 2.39. The van der Waals surface area contributed by atoms with E-state index in [0.29, 0.717) is 23.7 Å². The van der Waals surface area contributed by atoms with Gasteiger partial charge in [0.2, 0.25) is 10.0 Å². The number of nitrogens with one attached hydrogen (secondary N) is 1. The van der Waals surface area contributed by atoms with Gasteiger partial charge in [0.1, 0.15) is 0 Å². The number of rotatable bonds is 7. The first kappa shape index (κ1) is 27.3. The fourth-order valence-electron chi connectivity index (χ4n) is 4.31. The molecule has 0 amide bonds. The average Bonchev–Trinajstić information content (AvgIpc) is 2.87. The van der Waals surface area contributed by atoms with Crippen molar-refractivity contribution in [1.29, 1.82) is 0 Å². The van der Waals surface area contributed by atoms with Gasteiger partial charge in [0.05, 0.1) is 10.9 Å². The molecule has 0 bridgehead atoms. The lowest BCUT2D eigenvalue weighted by Gasteiger charge is -2.42. The van der Waals surface area contributed by atoms with Gasteiger partial charge in [-0.3, -0.25) is 0 Å². The van der Waals surface area contributed by atoms with E-state index < -0.39 is 21.8 Å². The molecule has 3 aromatic rings. The number of anilines is 2. The summed E-state index contributed by atoms with van der Waals surface area (Å²) in [5.74, 6) is 0. The maximum absolute atomic E-state index is 13.4. The summed E-state index contributed by atoms with van der Waals surface area (Å²) in [5.41, 5.74) is -1.76. The van der Waals surface area contributed by atoms with Crippen LogP contribution in [0, 0.1) is 0 Å². The van der Waals surface area contributed by atoms with Gasteiger partial charge >= 0.3 is 6.18 Å². The Morgan fingerprint density at radius 1 is 0.973 bits per heavy atom. The lowest BCUT2D eigenvalue weighted by molar-refractivity contribution is -0.258. The Balaban J connectivity index is 1.61. The lowest BCUT2D eigenvalue weighted by atomic mass is 9.95. The number of benzene rings is 3. The molecule has 0 unspecified atom stereocenters. The van der Waals surface area contributed by atoms with E-state index in [-0.39, 0.29) is 29.6 Å². The fraction of sp³-hybridized carbons (Fsp3) is 0.308. The molecule has 37 heavy (non-hydrogen) atoms. The van der Waals surface area contributed by atoms with Crippen molar-refractivity contribution in [2.75, 3.05) is 36.4 Å². The van der Waals surface area contributed by atoms with Crippen LogP contribution in [-0.4, -0.2) is 56.2 Å². The normalized spacial score (nSPS) is 18.9. The Labute approximate surface area is 220 Å². The highest BCUT2D eigenvalue weighted by Gasteiger charge is 2.51. The first-order chi connectivity index (χ1) is 17.4. The van der Waals surface area contributed by atoms with Gasteiger partial charge in [-0.15, -0.1) is 12.6 Å². The number of halogens is 3. The SMILES string of the molecule is C[C@@](O)(c1ccc(N2CCN(S(=O)(=O)c3ccccc3S)C[C@@H]2CNc2ccccc2)cc1)C(F)(F)F. The Morgan fingerprint density at radius 2 is 1.59 bits per heavy atom. The van der Waals surface area contributed by atoms with Crippen LogP contribution in [0.3, 0.4) is 0 Å². The van der Waals surface area contributed by atoms with Crippen LogP contribution in [0.25, 0.3) is 0 Å². The quantitative estimate of drug-likeness (QED) is 0.370. The molecule has 3 aromatic carbocycles. The van der Waals surface area contributed by atoms with Crippen LogP contribution in [0.4, 0.5) is 24.5 Å². The Bertz CT molecular complexity index is 1320. The maximum atomic E-state index is 13.4. The Hall–Kier alpha value is -2.73. The monoisotopic (exact) mass is 551 g/mol.